The van der Waals surface area contributed by atoms with Crippen LogP contribution in [0, 0.1) is 12.8 Å². The number of aliphatic imine (C=N–C) groups is 1. The van der Waals surface area contributed by atoms with Crippen LogP contribution in [0.25, 0.3) is 5.82 Å². The second-order valence-electron chi connectivity index (χ2n) is 8.17. The van der Waals surface area contributed by atoms with Crippen molar-refractivity contribution in [3.63, 3.8) is 0 Å². The van der Waals surface area contributed by atoms with E-state index in [9.17, 15) is 0 Å². The summed E-state index contributed by atoms with van der Waals surface area (Å²) >= 11 is 0. The third-order valence-corrected chi connectivity index (χ3v) is 5.48. The molecule has 3 heterocycles. The zero-order chi connectivity index (χ0) is 22.9. The first-order valence-corrected chi connectivity index (χ1v) is 11.5. The third kappa shape index (κ3) is 7.42. The number of hydrogen-bond donors (Lipinski definition) is 2. The second kappa shape index (κ2) is 13.3. The van der Waals surface area contributed by atoms with Gasteiger partial charge in [0.25, 0.3) is 0 Å². The number of aromatic nitrogens is 3. The molecule has 34 heavy (non-hydrogen) atoms. The van der Waals surface area contributed by atoms with Crippen LogP contribution in [0.2, 0.25) is 0 Å². The van der Waals surface area contributed by atoms with Gasteiger partial charge < -0.3 is 20.1 Å². The van der Waals surface area contributed by atoms with Gasteiger partial charge in [-0.05, 0) is 55.7 Å². The standard InChI is InChI=1S/C25H32N6O2.HI/c1-3-26-25(28-15-20-7-10-27-24(14-20)31-11-4-9-30-31)29-16-22-6-5-19(2)13-23(22)33-18-21-8-12-32-17-21;/h4-7,9-11,13-14,21H,3,8,12,15-18H2,1-2H3,(H2,26,28,29);1H. The van der Waals surface area contributed by atoms with E-state index in [1.54, 1.807) is 17.1 Å². The molecule has 1 atom stereocenters. The van der Waals surface area contributed by atoms with Crippen LogP contribution < -0.4 is 15.4 Å². The van der Waals surface area contributed by atoms with Crippen LogP contribution >= 0.6 is 24.0 Å². The van der Waals surface area contributed by atoms with Gasteiger partial charge in [-0.3, -0.25) is 0 Å². The predicted molar refractivity (Wildman–Crippen MR) is 144 cm³/mol. The van der Waals surface area contributed by atoms with E-state index in [0.29, 0.717) is 25.6 Å². The summed E-state index contributed by atoms with van der Waals surface area (Å²) < 4.78 is 13.4. The van der Waals surface area contributed by atoms with Gasteiger partial charge in [0.2, 0.25) is 0 Å². The van der Waals surface area contributed by atoms with Crippen molar-refractivity contribution in [3.05, 3.63) is 71.7 Å². The van der Waals surface area contributed by atoms with Crippen molar-refractivity contribution in [1.29, 1.82) is 0 Å². The molecule has 1 aliphatic heterocycles. The summed E-state index contributed by atoms with van der Waals surface area (Å²) in [6, 6.07) is 12.2. The van der Waals surface area contributed by atoms with E-state index in [2.05, 4.69) is 52.8 Å². The maximum Gasteiger partial charge on any atom is 0.191 e. The van der Waals surface area contributed by atoms with Crippen molar-refractivity contribution >= 4 is 29.9 Å². The molecule has 2 N–H and O–H groups in total. The Labute approximate surface area is 218 Å². The molecule has 3 aromatic rings. The van der Waals surface area contributed by atoms with Gasteiger partial charge in [0.15, 0.2) is 11.8 Å². The van der Waals surface area contributed by atoms with E-state index in [0.717, 1.165) is 54.8 Å². The molecule has 1 aromatic carbocycles. The quantitative estimate of drug-likeness (QED) is 0.229. The highest BCUT2D eigenvalue weighted by molar-refractivity contribution is 14.0. The normalized spacial score (nSPS) is 15.6. The highest BCUT2D eigenvalue weighted by Crippen LogP contribution is 2.22. The number of halogens is 1. The van der Waals surface area contributed by atoms with Crippen molar-refractivity contribution in [2.24, 2.45) is 10.9 Å². The number of benzene rings is 1. The number of hydrogen-bond acceptors (Lipinski definition) is 5. The molecule has 1 saturated heterocycles. The minimum atomic E-state index is 0. The molecule has 0 radical (unpaired) electrons. The maximum atomic E-state index is 6.18. The number of aryl methyl sites for hydroxylation is 1. The molecule has 9 heteroatoms. The fraction of sp³-hybridized carbons (Fsp3) is 0.400. The molecule has 4 rings (SSSR count). The van der Waals surface area contributed by atoms with Crippen molar-refractivity contribution in [2.45, 2.75) is 33.4 Å². The van der Waals surface area contributed by atoms with Crippen LogP contribution in [0.15, 0.2) is 60.0 Å². The van der Waals surface area contributed by atoms with Crippen LogP contribution in [-0.4, -0.2) is 47.1 Å². The van der Waals surface area contributed by atoms with Crippen LogP contribution in [0.1, 0.15) is 30.0 Å². The predicted octanol–water partition coefficient (Wildman–Crippen LogP) is 3.86. The van der Waals surface area contributed by atoms with Crippen LogP contribution in [-0.2, 0) is 17.8 Å². The van der Waals surface area contributed by atoms with Crippen LogP contribution in [0.5, 0.6) is 5.75 Å². The molecule has 0 amide bonds. The molecule has 0 bridgehead atoms. The Bertz CT molecular complexity index is 1050. The third-order valence-electron chi connectivity index (χ3n) is 5.48. The fourth-order valence-corrected chi connectivity index (χ4v) is 3.64. The number of pyridine rings is 1. The number of nitrogens with one attached hydrogen (secondary N) is 2. The number of rotatable bonds is 9. The molecule has 1 aliphatic rings. The van der Waals surface area contributed by atoms with Gasteiger partial charge in [0, 0.05) is 49.8 Å². The Morgan fingerprint density at radius 1 is 1.24 bits per heavy atom. The summed E-state index contributed by atoms with van der Waals surface area (Å²) in [5.74, 6) is 2.92. The van der Waals surface area contributed by atoms with Gasteiger partial charge in [-0.25, -0.2) is 14.7 Å². The van der Waals surface area contributed by atoms with E-state index in [4.69, 9.17) is 14.5 Å². The topological polar surface area (TPSA) is 85.6 Å². The van der Waals surface area contributed by atoms with Crippen LogP contribution in [0.4, 0.5) is 0 Å². The summed E-state index contributed by atoms with van der Waals surface area (Å²) in [7, 11) is 0. The fourth-order valence-electron chi connectivity index (χ4n) is 3.64. The van der Waals surface area contributed by atoms with E-state index < -0.39 is 0 Å². The number of nitrogens with zero attached hydrogens (tertiary/aromatic N) is 4. The molecule has 8 nitrogen and oxygen atoms in total. The molecule has 2 aromatic heterocycles. The smallest absolute Gasteiger partial charge is 0.191 e. The Balaban J connectivity index is 0.00000324. The summed E-state index contributed by atoms with van der Waals surface area (Å²) in [5, 5.41) is 11.0. The average molecular weight is 576 g/mol. The van der Waals surface area contributed by atoms with Gasteiger partial charge in [0.1, 0.15) is 5.75 Å². The molecular weight excluding hydrogens is 543 g/mol. The monoisotopic (exact) mass is 576 g/mol. The van der Waals surface area contributed by atoms with Crippen molar-refractivity contribution in [3.8, 4) is 11.6 Å². The van der Waals surface area contributed by atoms with E-state index in [-0.39, 0.29) is 24.0 Å². The van der Waals surface area contributed by atoms with Gasteiger partial charge in [-0.15, -0.1) is 24.0 Å². The summed E-state index contributed by atoms with van der Waals surface area (Å²) in [4.78, 5) is 9.14. The lowest BCUT2D eigenvalue weighted by molar-refractivity contribution is 0.166. The van der Waals surface area contributed by atoms with Gasteiger partial charge in [0.05, 0.1) is 19.8 Å². The molecule has 0 saturated carbocycles. The Hall–Kier alpha value is -2.66. The van der Waals surface area contributed by atoms with E-state index in [1.165, 1.54) is 5.56 Å². The largest absolute Gasteiger partial charge is 0.493 e. The summed E-state index contributed by atoms with van der Waals surface area (Å²) in [6.45, 7) is 8.38. The zero-order valence-electron chi connectivity index (χ0n) is 19.7. The van der Waals surface area contributed by atoms with Crippen LogP contribution in [0.3, 0.4) is 0 Å². The van der Waals surface area contributed by atoms with Crippen molar-refractivity contribution in [1.82, 2.24) is 25.4 Å². The molecule has 1 unspecified atom stereocenters. The lowest BCUT2D eigenvalue weighted by Gasteiger charge is -2.17. The molecule has 1 fully saturated rings. The molecule has 0 aliphatic carbocycles. The summed E-state index contributed by atoms with van der Waals surface area (Å²) in [6.07, 6.45) is 6.47. The molecule has 0 spiro atoms. The molecular formula is C25H33IN6O2. The highest BCUT2D eigenvalue weighted by Gasteiger charge is 2.17. The Kier molecular flexibility index (Phi) is 10.1. The average Bonchev–Trinajstić information content (AvgIpc) is 3.55. The van der Waals surface area contributed by atoms with Crippen molar-refractivity contribution < 1.29 is 9.47 Å². The number of ether oxygens (including phenoxy) is 2. The minimum absolute atomic E-state index is 0. The first-order valence-electron chi connectivity index (χ1n) is 11.5. The highest BCUT2D eigenvalue weighted by atomic mass is 127. The second-order valence-corrected chi connectivity index (χ2v) is 8.17. The van der Waals surface area contributed by atoms with Crippen molar-refractivity contribution in [2.75, 3.05) is 26.4 Å². The molecule has 182 valence electrons. The van der Waals surface area contributed by atoms with Gasteiger partial charge >= 0.3 is 0 Å². The maximum absolute atomic E-state index is 6.18. The SMILES string of the molecule is CCNC(=NCc1ccnc(-n2cccn2)c1)NCc1ccc(C)cc1OCC1CCOC1.I. The first-order chi connectivity index (χ1) is 16.2. The Morgan fingerprint density at radius 2 is 2.15 bits per heavy atom. The van der Waals surface area contributed by atoms with E-state index >= 15 is 0 Å². The minimum Gasteiger partial charge on any atom is -0.493 e. The number of guanidine groups is 1. The first kappa shape index (κ1) is 26.0. The van der Waals surface area contributed by atoms with E-state index in [1.807, 2.05) is 24.4 Å². The Morgan fingerprint density at radius 3 is 2.91 bits per heavy atom. The van der Waals surface area contributed by atoms with Gasteiger partial charge in [-0.1, -0.05) is 12.1 Å². The summed E-state index contributed by atoms with van der Waals surface area (Å²) in [5.41, 5.74) is 3.35. The lowest BCUT2D eigenvalue weighted by Crippen LogP contribution is -2.36. The van der Waals surface area contributed by atoms with Gasteiger partial charge in [-0.2, -0.15) is 5.10 Å². The zero-order valence-corrected chi connectivity index (χ0v) is 22.1. The lowest BCUT2D eigenvalue weighted by atomic mass is 10.1.